The normalized spacial score (nSPS) is 10.8. The molecule has 1 aliphatic rings. The van der Waals surface area contributed by atoms with E-state index in [0.29, 0.717) is 0 Å². The zero-order chi connectivity index (χ0) is 11.1. The Bertz CT molecular complexity index is 175. The Balaban J connectivity index is -0.0000000625. The van der Waals surface area contributed by atoms with Crippen molar-refractivity contribution in [3.05, 3.63) is 50.2 Å². The van der Waals surface area contributed by atoms with Crippen LogP contribution in [0.3, 0.4) is 0 Å². The maximum atomic E-state index is 7.50. The van der Waals surface area contributed by atoms with Crippen molar-refractivity contribution in [2.24, 2.45) is 0 Å². The van der Waals surface area contributed by atoms with E-state index >= 15 is 0 Å². The molecule has 0 unspecified atom stereocenters. The minimum atomic E-state index is 0. The van der Waals surface area contributed by atoms with Gasteiger partial charge in [0.05, 0.1) is 0 Å². The van der Waals surface area contributed by atoms with Gasteiger partial charge < -0.3 is 0 Å². The van der Waals surface area contributed by atoms with Crippen molar-refractivity contribution in [1.29, 1.82) is 0 Å². The first-order valence-electron chi connectivity index (χ1n) is 3.17. The Labute approximate surface area is 98.1 Å². The Morgan fingerprint density at radius 1 is 0.929 bits per heavy atom. The van der Waals surface area contributed by atoms with Crippen molar-refractivity contribution in [1.82, 2.24) is 0 Å². The fraction of sp³-hybridized carbons (Fsp3) is 0.200. The largest absolute Gasteiger partial charge is 0 e. The molecular formula is C10H9O3Re. The molecule has 0 aromatic heterocycles. The van der Waals surface area contributed by atoms with Gasteiger partial charge in [0.2, 0.25) is 0 Å². The Hall–Kier alpha value is -0.638. The van der Waals surface area contributed by atoms with Crippen molar-refractivity contribution in [2.75, 3.05) is 0 Å². The van der Waals surface area contributed by atoms with Crippen molar-refractivity contribution in [2.45, 2.75) is 13.3 Å². The predicted octanol–water partition coefficient (Wildman–Crippen LogP) is 1.98. The number of rotatable bonds is 0. The molecule has 0 heterocycles. The maximum absolute atomic E-state index is 7.50. The smallest absolute Gasteiger partial charge is 0 e. The standard InChI is InChI=1S/C7H9.3CO.Re/c1-7-5-3-2-4-6-7;3*1-2;/h3-6H,2H2,1H3;;;;. The molecule has 0 spiro atoms. The number of hydrogen-bond donors (Lipinski definition) is 0. The van der Waals surface area contributed by atoms with Gasteiger partial charge in [0.1, 0.15) is 0 Å². The van der Waals surface area contributed by atoms with E-state index in [1.165, 1.54) is 5.92 Å². The number of allylic oxidation sites excluding steroid dienone is 4. The summed E-state index contributed by atoms with van der Waals surface area (Å²) < 4.78 is 22.5. The third-order valence-corrected chi connectivity index (χ3v) is 1.03. The van der Waals surface area contributed by atoms with Crippen LogP contribution < -0.4 is 0 Å². The first-order chi connectivity index (χ1) is 6.39. The summed E-state index contributed by atoms with van der Waals surface area (Å²) in [5.74, 6) is 1.35. The zero-order valence-electron chi connectivity index (χ0n) is 7.62. The van der Waals surface area contributed by atoms with Gasteiger partial charge in [-0.15, -0.1) is 0 Å². The minimum Gasteiger partial charge on any atom is 0 e. The van der Waals surface area contributed by atoms with Gasteiger partial charge in [0.15, 0.2) is 0 Å². The fourth-order valence-corrected chi connectivity index (χ4v) is 0.642. The molecule has 2 radical (unpaired) electrons. The Morgan fingerprint density at radius 2 is 1.21 bits per heavy atom. The number of hydrogen-bond acceptors (Lipinski definition) is 0. The second kappa shape index (κ2) is 29.4. The molecule has 0 amide bonds. The Kier molecular flexibility index (Phi) is 49.0. The SMILES string of the molecule is C[C]1C=CCC=C1.[C-]#[O+].[C-]#[O+].[C-]#[O+].[Re]. The molecule has 0 saturated carbocycles. The van der Waals surface area contributed by atoms with Crippen LogP contribution in [0.15, 0.2) is 24.3 Å². The summed E-state index contributed by atoms with van der Waals surface area (Å²) in [7, 11) is 0. The molecule has 74 valence electrons. The van der Waals surface area contributed by atoms with Crippen LogP contribution in [-0.4, -0.2) is 0 Å². The van der Waals surface area contributed by atoms with Crippen LogP contribution in [-0.2, 0) is 34.4 Å². The molecule has 4 heteroatoms. The van der Waals surface area contributed by atoms with E-state index in [1.54, 1.807) is 0 Å². The predicted molar refractivity (Wildman–Crippen MR) is 43.6 cm³/mol. The molecule has 14 heavy (non-hydrogen) atoms. The third-order valence-electron chi connectivity index (χ3n) is 1.03. The fourth-order valence-electron chi connectivity index (χ4n) is 0.642. The summed E-state index contributed by atoms with van der Waals surface area (Å²) in [6.45, 7) is 15.6. The van der Waals surface area contributed by atoms with Crippen molar-refractivity contribution < 1.29 is 34.4 Å². The van der Waals surface area contributed by atoms with E-state index < -0.39 is 0 Å². The van der Waals surface area contributed by atoms with E-state index in [9.17, 15) is 0 Å². The second-order valence-corrected chi connectivity index (χ2v) is 1.78. The minimum absolute atomic E-state index is 0. The molecular weight excluding hydrogens is 354 g/mol. The van der Waals surface area contributed by atoms with E-state index in [-0.39, 0.29) is 20.4 Å². The van der Waals surface area contributed by atoms with Crippen LogP contribution in [0.25, 0.3) is 0 Å². The summed E-state index contributed by atoms with van der Waals surface area (Å²) in [5, 5.41) is 0. The summed E-state index contributed by atoms with van der Waals surface area (Å²) >= 11 is 0. The van der Waals surface area contributed by atoms with Gasteiger partial charge in [-0.3, -0.25) is 0 Å². The van der Waals surface area contributed by atoms with E-state index in [2.05, 4.69) is 51.2 Å². The molecule has 0 atom stereocenters. The van der Waals surface area contributed by atoms with Gasteiger partial charge in [-0.1, -0.05) is 31.2 Å². The third kappa shape index (κ3) is 22.5. The van der Waals surface area contributed by atoms with Crippen LogP contribution in [0, 0.1) is 25.9 Å². The Morgan fingerprint density at radius 3 is 1.36 bits per heavy atom. The summed E-state index contributed by atoms with van der Waals surface area (Å²) in [6, 6.07) is 0. The summed E-state index contributed by atoms with van der Waals surface area (Å²) in [5.41, 5.74) is 0. The molecule has 0 fully saturated rings. The van der Waals surface area contributed by atoms with Crippen molar-refractivity contribution in [3.63, 3.8) is 0 Å². The van der Waals surface area contributed by atoms with Gasteiger partial charge in [0.25, 0.3) is 0 Å². The summed E-state index contributed by atoms with van der Waals surface area (Å²) in [4.78, 5) is 0. The second-order valence-electron chi connectivity index (χ2n) is 1.78. The molecule has 3 nitrogen and oxygen atoms in total. The first-order valence-corrected chi connectivity index (χ1v) is 3.17. The van der Waals surface area contributed by atoms with Gasteiger partial charge >= 0.3 is 33.9 Å². The van der Waals surface area contributed by atoms with Crippen LogP contribution in [0.4, 0.5) is 0 Å². The average molecular weight is 363 g/mol. The average Bonchev–Trinajstić information content (AvgIpc) is 2.28. The van der Waals surface area contributed by atoms with Gasteiger partial charge in [0, 0.05) is 26.3 Å². The van der Waals surface area contributed by atoms with E-state index in [4.69, 9.17) is 14.0 Å². The molecule has 1 rings (SSSR count). The molecule has 0 aromatic carbocycles. The van der Waals surface area contributed by atoms with Crippen LogP contribution >= 0.6 is 0 Å². The van der Waals surface area contributed by atoms with Crippen LogP contribution in [0.5, 0.6) is 0 Å². The first kappa shape index (κ1) is 23.3. The van der Waals surface area contributed by atoms with Crippen molar-refractivity contribution >= 4 is 0 Å². The van der Waals surface area contributed by atoms with Gasteiger partial charge in [-0.2, -0.15) is 0 Å². The van der Waals surface area contributed by atoms with Gasteiger partial charge in [-0.25, -0.2) is 0 Å². The molecule has 0 aromatic rings. The van der Waals surface area contributed by atoms with E-state index in [0.717, 1.165) is 6.42 Å². The zero-order valence-corrected chi connectivity index (χ0v) is 10.3. The molecule has 0 saturated heterocycles. The molecule has 0 aliphatic heterocycles. The monoisotopic (exact) mass is 364 g/mol. The molecule has 1 aliphatic carbocycles. The topological polar surface area (TPSA) is 59.7 Å². The van der Waals surface area contributed by atoms with Crippen LogP contribution in [0.2, 0.25) is 0 Å². The summed E-state index contributed by atoms with van der Waals surface area (Å²) in [6.07, 6.45) is 9.71. The van der Waals surface area contributed by atoms with E-state index in [1.807, 2.05) is 0 Å². The van der Waals surface area contributed by atoms with Crippen LogP contribution in [0.1, 0.15) is 13.3 Å². The maximum Gasteiger partial charge on any atom is 0 e. The molecule has 0 bridgehead atoms. The van der Waals surface area contributed by atoms with Gasteiger partial charge in [-0.05, 0) is 6.42 Å². The van der Waals surface area contributed by atoms with Crippen molar-refractivity contribution in [3.8, 4) is 0 Å². The quantitative estimate of drug-likeness (QED) is 0.467. The molecule has 0 N–H and O–H groups in total.